The van der Waals surface area contributed by atoms with Crippen LogP contribution in [0.25, 0.3) is 0 Å². The Hall–Kier alpha value is -1.75. The van der Waals surface area contributed by atoms with E-state index in [1.54, 1.807) is 25.1 Å². The monoisotopic (exact) mass is 266 g/mol. The van der Waals surface area contributed by atoms with Gasteiger partial charge in [0.05, 0.1) is 7.11 Å². The van der Waals surface area contributed by atoms with Crippen LogP contribution >= 0.6 is 0 Å². The number of carbonyl (C=O) groups is 1. The number of hydrogen-bond donors (Lipinski definition) is 1. The van der Waals surface area contributed by atoms with Crippen molar-refractivity contribution in [1.82, 2.24) is 4.90 Å². The summed E-state index contributed by atoms with van der Waals surface area (Å²) in [5.74, 6) is 1.05. The van der Waals surface area contributed by atoms with Crippen LogP contribution in [0.15, 0.2) is 18.2 Å². The van der Waals surface area contributed by atoms with E-state index in [0.29, 0.717) is 18.0 Å². The lowest BCUT2D eigenvalue weighted by atomic mass is 10.2. The van der Waals surface area contributed by atoms with E-state index in [1.165, 1.54) is 0 Å². The average Bonchev–Trinajstić information content (AvgIpc) is 2.42. The van der Waals surface area contributed by atoms with Crippen LogP contribution in [-0.4, -0.2) is 37.6 Å². The van der Waals surface area contributed by atoms with Crippen LogP contribution in [-0.2, 0) is 11.3 Å². The van der Waals surface area contributed by atoms with E-state index in [4.69, 9.17) is 15.2 Å². The first-order valence-electron chi connectivity index (χ1n) is 6.25. The van der Waals surface area contributed by atoms with E-state index in [2.05, 4.69) is 0 Å². The van der Waals surface area contributed by atoms with Gasteiger partial charge in [-0.25, -0.2) is 0 Å². The third-order valence-corrected chi connectivity index (χ3v) is 3.01. The Morgan fingerprint density at radius 3 is 2.63 bits per heavy atom. The highest BCUT2D eigenvalue weighted by Gasteiger charge is 2.15. The lowest BCUT2D eigenvalue weighted by Gasteiger charge is -2.22. The van der Waals surface area contributed by atoms with Gasteiger partial charge in [-0.15, -0.1) is 0 Å². The van der Waals surface area contributed by atoms with Gasteiger partial charge in [-0.2, -0.15) is 0 Å². The molecule has 1 aromatic carbocycles. The molecular formula is C14H22N2O3. The Bertz CT molecular complexity index is 410. The summed E-state index contributed by atoms with van der Waals surface area (Å²) in [7, 11) is 3.31. The molecule has 0 unspecified atom stereocenters. The normalized spacial score (nSPS) is 10.4. The fraction of sp³-hybridized carbons (Fsp3) is 0.500. The first-order chi connectivity index (χ1) is 9.01. The molecule has 0 aliphatic carbocycles. The minimum Gasteiger partial charge on any atom is -0.493 e. The molecule has 1 aromatic rings. The summed E-state index contributed by atoms with van der Waals surface area (Å²) < 4.78 is 10.8. The van der Waals surface area contributed by atoms with Crippen molar-refractivity contribution in [2.24, 2.45) is 5.73 Å². The second kappa shape index (κ2) is 6.99. The molecular weight excluding hydrogens is 244 g/mol. The molecule has 2 N–H and O–H groups in total. The molecule has 0 atom stereocenters. The third kappa shape index (κ3) is 3.86. The highest BCUT2D eigenvalue weighted by atomic mass is 16.5. The van der Waals surface area contributed by atoms with Crippen molar-refractivity contribution >= 4 is 5.91 Å². The summed E-state index contributed by atoms with van der Waals surface area (Å²) >= 11 is 0. The van der Waals surface area contributed by atoms with Crippen molar-refractivity contribution in [1.29, 1.82) is 0 Å². The van der Waals surface area contributed by atoms with Gasteiger partial charge in [0.15, 0.2) is 18.1 Å². The van der Waals surface area contributed by atoms with Crippen LogP contribution in [0.2, 0.25) is 0 Å². The van der Waals surface area contributed by atoms with Crippen molar-refractivity contribution in [3.05, 3.63) is 23.8 Å². The van der Waals surface area contributed by atoms with Gasteiger partial charge in [0.25, 0.3) is 5.91 Å². The molecule has 0 radical (unpaired) electrons. The van der Waals surface area contributed by atoms with Gasteiger partial charge in [-0.3, -0.25) is 4.79 Å². The molecule has 1 rings (SSSR count). The Kier molecular flexibility index (Phi) is 5.63. The largest absolute Gasteiger partial charge is 0.493 e. The number of rotatable bonds is 6. The van der Waals surface area contributed by atoms with Crippen LogP contribution in [0.4, 0.5) is 0 Å². The molecule has 19 heavy (non-hydrogen) atoms. The summed E-state index contributed by atoms with van der Waals surface area (Å²) in [6, 6.07) is 5.62. The maximum Gasteiger partial charge on any atom is 0.260 e. The highest BCUT2D eigenvalue weighted by molar-refractivity contribution is 5.77. The minimum atomic E-state index is -0.0797. The number of ether oxygens (including phenoxy) is 2. The fourth-order valence-electron chi connectivity index (χ4n) is 1.57. The maximum absolute atomic E-state index is 11.9. The van der Waals surface area contributed by atoms with Crippen LogP contribution in [0.3, 0.4) is 0 Å². The van der Waals surface area contributed by atoms with E-state index >= 15 is 0 Å². The minimum absolute atomic E-state index is 0.0257. The molecule has 0 fully saturated rings. The topological polar surface area (TPSA) is 64.8 Å². The van der Waals surface area contributed by atoms with E-state index in [0.717, 1.165) is 5.56 Å². The number of para-hydroxylation sites is 1. The number of likely N-dealkylation sites (N-methyl/N-ethyl adjacent to an activating group) is 1. The first kappa shape index (κ1) is 15.3. The molecule has 0 aromatic heterocycles. The van der Waals surface area contributed by atoms with E-state index in [9.17, 15) is 4.79 Å². The lowest BCUT2D eigenvalue weighted by Crippen LogP contribution is -2.36. The van der Waals surface area contributed by atoms with Crippen molar-refractivity contribution < 1.29 is 14.3 Å². The Morgan fingerprint density at radius 2 is 2.11 bits per heavy atom. The standard InChI is InChI=1S/C14H22N2O3/c1-10(2)16(3)13(17)9-19-14-11(8-15)6-5-7-12(14)18-4/h5-7,10H,8-9,15H2,1-4H3. The smallest absolute Gasteiger partial charge is 0.260 e. The number of carbonyl (C=O) groups excluding carboxylic acids is 1. The molecule has 0 aliphatic heterocycles. The molecule has 5 heteroatoms. The van der Waals surface area contributed by atoms with Gasteiger partial charge in [-0.1, -0.05) is 12.1 Å². The second-order valence-electron chi connectivity index (χ2n) is 4.54. The van der Waals surface area contributed by atoms with Crippen LogP contribution in [0.5, 0.6) is 11.5 Å². The number of benzene rings is 1. The Labute approximate surface area is 114 Å². The number of hydrogen-bond acceptors (Lipinski definition) is 4. The van der Waals surface area contributed by atoms with Gasteiger partial charge >= 0.3 is 0 Å². The number of nitrogens with two attached hydrogens (primary N) is 1. The van der Waals surface area contributed by atoms with E-state index in [-0.39, 0.29) is 18.6 Å². The van der Waals surface area contributed by atoms with Crippen molar-refractivity contribution in [3.8, 4) is 11.5 Å². The highest BCUT2D eigenvalue weighted by Crippen LogP contribution is 2.30. The van der Waals surface area contributed by atoms with E-state index < -0.39 is 0 Å². The maximum atomic E-state index is 11.9. The zero-order valence-electron chi connectivity index (χ0n) is 12.0. The van der Waals surface area contributed by atoms with Crippen molar-refractivity contribution in [2.75, 3.05) is 20.8 Å². The molecule has 0 aliphatic rings. The molecule has 5 nitrogen and oxygen atoms in total. The summed E-state index contributed by atoms with van der Waals surface area (Å²) in [5.41, 5.74) is 6.48. The van der Waals surface area contributed by atoms with Crippen LogP contribution in [0, 0.1) is 0 Å². The zero-order valence-corrected chi connectivity index (χ0v) is 12.0. The quantitative estimate of drug-likeness (QED) is 0.845. The van der Waals surface area contributed by atoms with E-state index in [1.807, 2.05) is 26.0 Å². The molecule has 0 bridgehead atoms. The molecule has 0 saturated carbocycles. The molecule has 1 amide bonds. The van der Waals surface area contributed by atoms with Gasteiger partial charge in [0.1, 0.15) is 0 Å². The van der Waals surface area contributed by atoms with Gasteiger partial charge in [0, 0.05) is 25.2 Å². The van der Waals surface area contributed by atoms with Gasteiger partial charge < -0.3 is 20.1 Å². The first-order valence-corrected chi connectivity index (χ1v) is 6.25. The molecule has 0 saturated heterocycles. The van der Waals surface area contributed by atoms with Crippen molar-refractivity contribution in [3.63, 3.8) is 0 Å². The van der Waals surface area contributed by atoms with Crippen molar-refractivity contribution in [2.45, 2.75) is 26.4 Å². The summed E-state index contributed by atoms with van der Waals surface area (Å²) in [5, 5.41) is 0. The lowest BCUT2D eigenvalue weighted by molar-refractivity contribution is -0.133. The predicted octanol–water partition coefficient (Wildman–Crippen LogP) is 1.40. The fourth-order valence-corrected chi connectivity index (χ4v) is 1.57. The summed E-state index contributed by atoms with van der Waals surface area (Å²) in [6.07, 6.45) is 0. The Balaban J connectivity index is 2.79. The molecule has 0 heterocycles. The summed E-state index contributed by atoms with van der Waals surface area (Å²) in [4.78, 5) is 13.5. The predicted molar refractivity (Wildman–Crippen MR) is 74.3 cm³/mol. The SMILES string of the molecule is COc1cccc(CN)c1OCC(=O)N(C)C(C)C. The van der Waals surface area contributed by atoms with Gasteiger partial charge in [0.2, 0.25) is 0 Å². The number of nitrogens with zero attached hydrogens (tertiary/aromatic N) is 1. The Morgan fingerprint density at radius 1 is 1.42 bits per heavy atom. The number of methoxy groups -OCH3 is 1. The second-order valence-corrected chi connectivity index (χ2v) is 4.54. The average molecular weight is 266 g/mol. The van der Waals surface area contributed by atoms with Crippen LogP contribution < -0.4 is 15.2 Å². The van der Waals surface area contributed by atoms with Crippen LogP contribution in [0.1, 0.15) is 19.4 Å². The summed E-state index contributed by atoms with van der Waals surface area (Å²) in [6.45, 7) is 4.21. The third-order valence-electron chi connectivity index (χ3n) is 3.01. The zero-order chi connectivity index (χ0) is 14.4. The number of amides is 1. The molecule has 0 spiro atoms. The molecule has 106 valence electrons. The van der Waals surface area contributed by atoms with Gasteiger partial charge in [-0.05, 0) is 19.9 Å².